The lowest BCUT2D eigenvalue weighted by Crippen LogP contribution is -2.47. The van der Waals surface area contributed by atoms with Crippen LogP contribution >= 0.6 is 0 Å². The highest BCUT2D eigenvalue weighted by Gasteiger charge is 2.50. The average Bonchev–Trinajstić information content (AvgIpc) is 3.66. The number of Topliss-reactive ketones (excluding diaryl/α,β-unsaturated/α-hetero) is 1. The standard InChI is InChI=1S/C57H70N4O15/c1-28(2)25-60-18-20-61(21-19-60)38-23-39(74-41(65)16-15-37(26-62)27-63)45-40(24-38)75-54-46(58-45)42-43-50(68)35(9)53-44(42)55(70)57(11,76-53)72-22-17-29(3)32(6)52(73-36(10)64)34(8)49(67)33(7)48(66)30(4)13-12-14-31(5)56(71)59-47(54)51(43)69/h12-14,17,22-24,26-30,32-34,37,48-49,52,66-67,69H,15-16,18-21,25H2,1-11H3,(H,59,71)/b13-12+,22-17+,31-14-/t29-,30-,32+,33+,34+,48-,49+,52+,57-/m0/s1. The van der Waals surface area contributed by atoms with E-state index >= 15 is 4.79 Å². The van der Waals surface area contributed by atoms with Crippen molar-refractivity contribution in [1.82, 2.24) is 9.88 Å². The van der Waals surface area contributed by atoms with Crippen molar-refractivity contribution in [3.05, 3.63) is 69.6 Å². The van der Waals surface area contributed by atoms with E-state index in [1.165, 1.54) is 40.0 Å². The summed E-state index contributed by atoms with van der Waals surface area (Å²) in [6.45, 7) is 22.2. The molecule has 76 heavy (non-hydrogen) atoms. The summed E-state index contributed by atoms with van der Waals surface area (Å²) in [7, 11) is 0. The van der Waals surface area contributed by atoms with Crippen LogP contribution in [0.5, 0.6) is 17.2 Å². The molecule has 5 heterocycles. The van der Waals surface area contributed by atoms with Crippen LogP contribution in [0.25, 0.3) is 33.0 Å². The minimum Gasteiger partial charge on any atom is -0.505 e. The molecule has 1 saturated heterocycles. The van der Waals surface area contributed by atoms with Crippen LogP contribution in [0.2, 0.25) is 0 Å². The van der Waals surface area contributed by atoms with E-state index in [0.29, 0.717) is 37.3 Å². The summed E-state index contributed by atoms with van der Waals surface area (Å²) in [5.41, 5.74) is -1.27. The van der Waals surface area contributed by atoms with Crippen molar-refractivity contribution < 1.29 is 67.5 Å². The molecular weight excluding hydrogens is 981 g/mol. The zero-order chi connectivity index (χ0) is 55.7. The number of hydrogen-bond acceptors (Lipinski definition) is 18. The van der Waals surface area contributed by atoms with E-state index in [9.17, 15) is 44.1 Å². The number of aromatic hydroxyl groups is 1. The first-order valence-corrected chi connectivity index (χ1v) is 25.9. The monoisotopic (exact) mass is 1050 g/mol. The van der Waals surface area contributed by atoms with Gasteiger partial charge in [-0.15, -0.1) is 0 Å². The van der Waals surface area contributed by atoms with Crippen LogP contribution < -0.4 is 25.1 Å². The van der Waals surface area contributed by atoms with Crippen molar-refractivity contribution in [3.8, 4) is 17.2 Å². The van der Waals surface area contributed by atoms with Crippen molar-refractivity contribution in [2.45, 2.75) is 113 Å². The number of hydrogen-bond donors (Lipinski definition) is 4. The Morgan fingerprint density at radius 2 is 1.61 bits per heavy atom. The third-order valence-corrected chi connectivity index (χ3v) is 15.2. The smallest absolute Gasteiger partial charge is 0.312 e. The zero-order valence-corrected chi connectivity index (χ0v) is 45.0. The van der Waals surface area contributed by atoms with Gasteiger partial charge in [0, 0.05) is 105 Å². The molecule has 19 heteroatoms. The van der Waals surface area contributed by atoms with Gasteiger partial charge in [0.05, 0.1) is 35.3 Å². The number of ketones is 1. The van der Waals surface area contributed by atoms with Crippen molar-refractivity contribution in [2.24, 2.45) is 41.4 Å². The molecule has 9 atom stereocenters. The lowest BCUT2D eigenvalue weighted by molar-refractivity contribution is -0.158. The number of nitrogens with zero attached hydrogens (tertiary/aromatic N) is 3. The van der Waals surface area contributed by atoms with Crippen LogP contribution in [0.1, 0.15) is 98.0 Å². The molecule has 19 nitrogen and oxygen atoms in total. The second-order valence-electron chi connectivity index (χ2n) is 21.3. The number of phenolic OH excluding ortho intramolecular Hbond substituents is 1. The Labute approximate surface area is 440 Å². The molecule has 408 valence electrons. The number of aromatic nitrogens is 1. The third kappa shape index (κ3) is 11.4. The van der Waals surface area contributed by atoms with E-state index in [2.05, 4.69) is 29.0 Å². The van der Waals surface area contributed by atoms with Gasteiger partial charge in [0.2, 0.25) is 0 Å². The van der Waals surface area contributed by atoms with Crippen molar-refractivity contribution >= 4 is 80.5 Å². The fourth-order valence-electron chi connectivity index (χ4n) is 10.3. The number of aliphatic hydroxyl groups is 2. The van der Waals surface area contributed by atoms with Crippen molar-refractivity contribution in [3.63, 3.8) is 0 Å². The molecule has 3 aromatic carbocycles. The fourth-order valence-corrected chi connectivity index (χ4v) is 10.3. The summed E-state index contributed by atoms with van der Waals surface area (Å²) < 4.78 is 30.9. The number of aliphatic hydroxyl groups excluding tert-OH is 2. The van der Waals surface area contributed by atoms with Gasteiger partial charge >= 0.3 is 17.7 Å². The van der Waals surface area contributed by atoms with Crippen molar-refractivity contribution in [2.75, 3.05) is 42.9 Å². The Bertz CT molecular complexity index is 3090. The van der Waals surface area contributed by atoms with E-state index in [4.69, 9.17) is 28.3 Å². The summed E-state index contributed by atoms with van der Waals surface area (Å²) in [5, 5.41) is 37.6. The van der Waals surface area contributed by atoms with E-state index in [-0.39, 0.29) is 74.3 Å². The van der Waals surface area contributed by atoms with Crippen LogP contribution in [-0.2, 0) is 33.4 Å². The normalized spacial score (nSPS) is 27.5. The number of phenols is 1. The van der Waals surface area contributed by atoms with E-state index in [1.807, 2.05) is 13.8 Å². The average molecular weight is 1050 g/mol. The maximum absolute atomic E-state index is 15.0. The SMILES string of the molecule is CC(=O)O[C@H]1[C@H](C)[C@H](O)[C@H](C)[C@@H](O)[C@@H](C)/C=C/C=C(/C)C(=O)Nc2c(O)c3c(=O)c(C)c4c(c3c3nc5c(OC(=O)CCC(C=O)C=O)cc(N6CCN(CC(C)C)CC6)cc5oc23)C(=O)[C@@](C)(O/C=C/[C@H](C)[C@H]1C)O4. The van der Waals surface area contributed by atoms with Gasteiger partial charge in [0.25, 0.3) is 11.7 Å². The van der Waals surface area contributed by atoms with Gasteiger partial charge in [-0.25, -0.2) is 4.98 Å². The highest BCUT2D eigenvalue weighted by atomic mass is 16.7. The Balaban J connectivity index is 1.47. The van der Waals surface area contributed by atoms with E-state index in [1.54, 1.807) is 51.1 Å². The first-order chi connectivity index (χ1) is 35.9. The summed E-state index contributed by atoms with van der Waals surface area (Å²) in [6.07, 6.45) is 5.00. The first-order valence-electron chi connectivity index (χ1n) is 25.9. The number of allylic oxidation sites excluding steroid dienone is 3. The molecule has 4 aromatic rings. The molecule has 0 saturated carbocycles. The van der Waals surface area contributed by atoms with E-state index < -0.39 is 99.8 Å². The number of amides is 1. The molecule has 1 fully saturated rings. The molecule has 4 N–H and O–H groups in total. The fraction of sp³-hybridized carbons (Fsp3) is 0.509. The number of carbonyl (C=O) groups excluding carboxylic acids is 6. The second kappa shape index (κ2) is 23.1. The zero-order valence-electron chi connectivity index (χ0n) is 45.0. The van der Waals surface area contributed by atoms with Crippen LogP contribution in [-0.4, -0.2) is 118 Å². The molecule has 0 radical (unpaired) electrons. The number of rotatable bonds is 10. The molecule has 4 aliphatic heterocycles. The summed E-state index contributed by atoms with van der Waals surface area (Å²) in [6, 6.07) is 3.28. The van der Waals surface area contributed by atoms with Gasteiger partial charge in [-0.1, -0.05) is 66.7 Å². The van der Waals surface area contributed by atoms with Crippen molar-refractivity contribution in [1.29, 1.82) is 0 Å². The predicted molar refractivity (Wildman–Crippen MR) is 284 cm³/mol. The number of aldehydes is 2. The number of nitrogens with one attached hydrogen (secondary N) is 1. The minimum atomic E-state index is -2.12. The van der Waals surface area contributed by atoms with Crippen LogP contribution in [0.4, 0.5) is 11.4 Å². The summed E-state index contributed by atoms with van der Waals surface area (Å²) in [5.74, 6) is -9.40. The lowest BCUT2D eigenvalue weighted by atomic mass is 9.77. The van der Waals surface area contributed by atoms with Gasteiger partial charge in [-0.05, 0) is 44.1 Å². The molecule has 0 unspecified atom stereocenters. The molecule has 5 bridgehead atoms. The largest absolute Gasteiger partial charge is 0.505 e. The summed E-state index contributed by atoms with van der Waals surface area (Å²) in [4.78, 5) is 102. The Kier molecular flexibility index (Phi) is 17.3. The third-order valence-electron chi connectivity index (χ3n) is 15.2. The molecule has 4 aliphatic rings. The molecule has 0 aliphatic carbocycles. The Morgan fingerprint density at radius 3 is 2.25 bits per heavy atom. The number of carbonyl (C=O) groups is 6. The maximum Gasteiger partial charge on any atom is 0.312 e. The van der Waals surface area contributed by atoms with Gasteiger partial charge in [0.15, 0.2) is 28.1 Å². The van der Waals surface area contributed by atoms with Gasteiger partial charge in [-0.2, -0.15) is 0 Å². The molecular formula is C57H70N4O15. The quantitative estimate of drug-likeness (QED) is 0.0235. The number of esters is 2. The first kappa shape index (κ1) is 56.8. The van der Waals surface area contributed by atoms with Gasteiger partial charge in [0.1, 0.15) is 41.1 Å². The van der Waals surface area contributed by atoms with Crippen LogP contribution in [0.3, 0.4) is 0 Å². The number of anilines is 2. The van der Waals surface area contributed by atoms with Crippen LogP contribution in [0.15, 0.2) is 57.5 Å². The number of benzene rings is 3. The van der Waals surface area contributed by atoms with Crippen LogP contribution in [0, 0.1) is 48.3 Å². The number of fused-ring (bicyclic) bond motifs is 14. The van der Waals surface area contributed by atoms with Gasteiger partial charge < -0.3 is 58.5 Å². The number of piperazine rings is 1. The lowest BCUT2D eigenvalue weighted by Gasteiger charge is -2.37. The molecule has 8 rings (SSSR count). The molecule has 0 spiro atoms. The highest BCUT2D eigenvalue weighted by molar-refractivity contribution is 6.26. The topological polar surface area (TPSA) is 262 Å². The Hall–Kier alpha value is -6.96. The summed E-state index contributed by atoms with van der Waals surface area (Å²) >= 11 is 0. The van der Waals surface area contributed by atoms with E-state index in [0.717, 1.165) is 19.6 Å². The second-order valence-corrected chi connectivity index (χ2v) is 21.3. The Morgan fingerprint density at radius 1 is 0.921 bits per heavy atom. The predicted octanol–water partition coefficient (Wildman–Crippen LogP) is 7.10. The minimum absolute atomic E-state index is 0.0150. The molecule has 1 amide bonds. The maximum atomic E-state index is 15.0. The highest BCUT2D eigenvalue weighted by Crippen LogP contribution is 2.49. The number of ether oxygens (including phenoxy) is 4. The molecule has 1 aromatic heterocycles. The van der Waals surface area contributed by atoms with Gasteiger partial charge in [-0.3, -0.25) is 28.9 Å².